The van der Waals surface area contributed by atoms with Crippen molar-refractivity contribution in [1.82, 2.24) is 0 Å². The van der Waals surface area contributed by atoms with E-state index >= 15 is 0 Å². The molecular formula is C12H15FN2O2. The lowest BCUT2D eigenvalue weighted by Gasteiger charge is -2.27. The summed E-state index contributed by atoms with van der Waals surface area (Å²) in [7, 11) is 0. The lowest BCUT2D eigenvalue weighted by molar-refractivity contribution is -0.386. The number of nitro benzene ring substituents is 1. The molecule has 17 heavy (non-hydrogen) atoms. The van der Waals surface area contributed by atoms with E-state index in [4.69, 9.17) is 0 Å². The van der Waals surface area contributed by atoms with Gasteiger partial charge in [-0.25, -0.2) is 0 Å². The maximum Gasteiger partial charge on any atom is 0.327 e. The van der Waals surface area contributed by atoms with E-state index in [1.165, 1.54) is 6.07 Å². The van der Waals surface area contributed by atoms with E-state index < -0.39 is 16.4 Å². The highest BCUT2D eigenvalue weighted by Crippen LogP contribution is 2.42. The van der Waals surface area contributed by atoms with Crippen molar-refractivity contribution in [3.63, 3.8) is 0 Å². The van der Waals surface area contributed by atoms with E-state index in [1.54, 1.807) is 6.07 Å². The highest BCUT2D eigenvalue weighted by atomic mass is 19.1. The number of nitro groups is 1. The molecule has 1 saturated carbocycles. The first-order valence-electron chi connectivity index (χ1n) is 5.63. The van der Waals surface area contributed by atoms with Crippen molar-refractivity contribution in [2.45, 2.75) is 32.2 Å². The first kappa shape index (κ1) is 11.8. The molecule has 1 fully saturated rings. The second kappa shape index (κ2) is 3.98. The third-order valence-electron chi connectivity index (χ3n) is 3.22. The van der Waals surface area contributed by atoms with Crippen LogP contribution in [0.15, 0.2) is 18.2 Å². The topological polar surface area (TPSA) is 55.2 Å². The van der Waals surface area contributed by atoms with Crippen molar-refractivity contribution in [2.24, 2.45) is 5.92 Å². The monoisotopic (exact) mass is 238 g/mol. The van der Waals surface area contributed by atoms with Gasteiger partial charge in [0, 0.05) is 5.54 Å². The molecule has 0 heterocycles. The molecule has 0 aliphatic heterocycles. The van der Waals surface area contributed by atoms with Crippen LogP contribution < -0.4 is 5.32 Å². The lowest BCUT2D eigenvalue weighted by Crippen LogP contribution is -2.33. The van der Waals surface area contributed by atoms with Crippen LogP contribution in [0.5, 0.6) is 0 Å². The zero-order valence-corrected chi connectivity index (χ0v) is 9.87. The predicted molar refractivity (Wildman–Crippen MR) is 63.5 cm³/mol. The molecule has 0 spiro atoms. The number of benzene rings is 1. The average molecular weight is 238 g/mol. The zero-order chi connectivity index (χ0) is 12.6. The number of rotatable bonds is 4. The zero-order valence-electron chi connectivity index (χ0n) is 9.87. The number of nitrogens with zero attached hydrogens (tertiary/aromatic N) is 1. The molecule has 1 aliphatic carbocycles. The predicted octanol–water partition coefficient (Wildman–Crippen LogP) is 3.33. The molecule has 0 atom stereocenters. The molecular weight excluding hydrogens is 223 g/mol. The summed E-state index contributed by atoms with van der Waals surface area (Å²) in [5, 5.41) is 13.9. The van der Waals surface area contributed by atoms with E-state index in [0.29, 0.717) is 5.92 Å². The van der Waals surface area contributed by atoms with Crippen molar-refractivity contribution >= 4 is 11.4 Å². The second-order valence-corrected chi connectivity index (χ2v) is 5.01. The van der Waals surface area contributed by atoms with Crippen molar-refractivity contribution < 1.29 is 9.31 Å². The molecule has 0 aromatic heterocycles. The van der Waals surface area contributed by atoms with E-state index in [0.717, 1.165) is 18.9 Å². The number of halogens is 1. The largest absolute Gasteiger partial charge is 0.374 e. The van der Waals surface area contributed by atoms with Crippen LogP contribution >= 0.6 is 0 Å². The minimum Gasteiger partial charge on any atom is -0.374 e. The van der Waals surface area contributed by atoms with Gasteiger partial charge in [0.2, 0.25) is 5.82 Å². The maximum atomic E-state index is 13.4. The molecule has 1 aliphatic rings. The van der Waals surface area contributed by atoms with Crippen LogP contribution in [0.4, 0.5) is 15.8 Å². The van der Waals surface area contributed by atoms with Gasteiger partial charge in [-0.1, -0.05) is 6.07 Å². The molecule has 4 nitrogen and oxygen atoms in total. The maximum absolute atomic E-state index is 13.4. The van der Waals surface area contributed by atoms with Crippen LogP contribution in [0.1, 0.15) is 26.7 Å². The van der Waals surface area contributed by atoms with Gasteiger partial charge in [-0.15, -0.1) is 0 Å². The Bertz CT molecular complexity index is 456. The minimum atomic E-state index is -0.799. The Morgan fingerprint density at radius 1 is 1.47 bits per heavy atom. The Morgan fingerprint density at radius 3 is 2.65 bits per heavy atom. The van der Waals surface area contributed by atoms with Gasteiger partial charge in [0.1, 0.15) is 5.69 Å². The summed E-state index contributed by atoms with van der Waals surface area (Å²) in [6.45, 7) is 3.97. The van der Waals surface area contributed by atoms with Crippen molar-refractivity contribution in [1.29, 1.82) is 0 Å². The summed E-state index contributed by atoms with van der Waals surface area (Å²) >= 11 is 0. The van der Waals surface area contributed by atoms with Crippen LogP contribution in [-0.2, 0) is 0 Å². The fraction of sp³-hybridized carbons (Fsp3) is 0.500. The van der Waals surface area contributed by atoms with Gasteiger partial charge in [-0.3, -0.25) is 10.1 Å². The number of hydrogen-bond donors (Lipinski definition) is 1. The van der Waals surface area contributed by atoms with Gasteiger partial charge in [0.05, 0.1) is 4.92 Å². The molecule has 0 bridgehead atoms. The first-order chi connectivity index (χ1) is 7.92. The number of hydrogen-bond acceptors (Lipinski definition) is 3. The smallest absolute Gasteiger partial charge is 0.327 e. The average Bonchev–Trinajstić information content (AvgIpc) is 2.98. The highest BCUT2D eigenvalue weighted by Gasteiger charge is 2.39. The summed E-state index contributed by atoms with van der Waals surface area (Å²) < 4.78 is 13.4. The normalized spacial score (nSPS) is 15.7. The van der Waals surface area contributed by atoms with Gasteiger partial charge in [0.25, 0.3) is 0 Å². The summed E-state index contributed by atoms with van der Waals surface area (Å²) in [4.78, 5) is 10.2. The fourth-order valence-electron chi connectivity index (χ4n) is 2.06. The molecule has 0 amide bonds. The standard InChI is InChI=1S/C12H15FN2O2/c1-12(2,8-6-7-8)14-10-5-3-4-9(13)11(10)15(16)17/h3-5,8,14H,6-7H2,1-2H3. The Labute approximate surface area is 99.0 Å². The van der Waals surface area contributed by atoms with E-state index in [2.05, 4.69) is 5.32 Å². The second-order valence-electron chi connectivity index (χ2n) is 5.01. The minimum absolute atomic E-state index is 0.238. The number of para-hydroxylation sites is 1. The van der Waals surface area contributed by atoms with Crippen LogP contribution in [0.2, 0.25) is 0 Å². The Hall–Kier alpha value is -1.65. The van der Waals surface area contributed by atoms with Crippen LogP contribution in [-0.4, -0.2) is 10.5 Å². The summed E-state index contributed by atoms with van der Waals surface area (Å²) in [5.41, 5.74) is -0.452. The van der Waals surface area contributed by atoms with E-state index in [1.807, 2.05) is 13.8 Å². The van der Waals surface area contributed by atoms with Crippen LogP contribution in [0.3, 0.4) is 0 Å². The number of anilines is 1. The quantitative estimate of drug-likeness (QED) is 0.646. The Balaban J connectivity index is 2.32. The van der Waals surface area contributed by atoms with E-state index in [9.17, 15) is 14.5 Å². The van der Waals surface area contributed by atoms with Crippen molar-refractivity contribution in [2.75, 3.05) is 5.32 Å². The van der Waals surface area contributed by atoms with Gasteiger partial charge in [0.15, 0.2) is 0 Å². The van der Waals surface area contributed by atoms with Gasteiger partial charge in [-0.2, -0.15) is 4.39 Å². The molecule has 2 rings (SSSR count). The summed E-state index contributed by atoms with van der Waals surface area (Å²) in [6, 6.07) is 4.13. The molecule has 5 heteroatoms. The SMILES string of the molecule is CC(C)(Nc1cccc(F)c1[N+](=O)[O-])C1CC1. The molecule has 0 saturated heterocycles. The Morgan fingerprint density at radius 2 is 2.12 bits per heavy atom. The molecule has 0 unspecified atom stereocenters. The van der Waals surface area contributed by atoms with Crippen LogP contribution in [0, 0.1) is 21.8 Å². The molecule has 0 radical (unpaired) electrons. The molecule has 1 aromatic carbocycles. The Kier molecular flexibility index (Phi) is 2.77. The van der Waals surface area contributed by atoms with Gasteiger partial charge in [-0.05, 0) is 44.7 Å². The van der Waals surface area contributed by atoms with Gasteiger partial charge >= 0.3 is 5.69 Å². The first-order valence-corrected chi connectivity index (χ1v) is 5.63. The van der Waals surface area contributed by atoms with Crippen molar-refractivity contribution in [3.05, 3.63) is 34.1 Å². The molecule has 1 N–H and O–H groups in total. The third-order valence-corrected chi connectivity index (χ3v) is 3.22. The molecule has 92 valence electrons. The van der Waals surface area contributed by atoms with Crippen molar-refractivity contribution in [3.8, 4) is 0 Å². The molecule has 1 aromatic rings. The van der Waals surface area contributed by atoms with E-state index in [-0.39, 0.29) is 11.2 Å². The van der Waals surface area contributed by atoms with Gasteiger partial charge < -0.3 is 5.32 Å². The summed E-state index contributed by atoms with van der Waals surface area (Å²) in [6.07, 6.45) is 2.23. The number of nitrogens with one attached hydrogen (secondary N) is 1. The van der Waals surface area contributed by atoms with Crippen LogP contribution in [0.25, 0.3) is 0 Å². The highest BCUT2D eigenvalue weighted by molar-refractivity contribution is 5.63. The summed E-state index contributed by atoms with van der Waals surface area (Å²) in [5.74, 6) is -0.294. The third kappa shape index (κ3) is 2.38. The fourth-order valence-corrected chi connectivity index (χ4v) is 2.06. The lowest BCUT2D eigenvalue weighted by atomic mass is 9.98.